The molecule has 0 unspecified atom stereocenters. The summed E-state index contributed by atoms with van der Waals surface area (Å²) in [4.78, 5) is 49.8. The molecule has 47 heavy (non-hydrogen) atoms. The van der Waals surface area contributed by atoms with Crippen molar-refractivity contribution in [3.05, 3.63) is 35.4 Å². The van der Waals surface area contributed by atoms with Crippen molar-refractivity contribution in [2.75, 3.05) is 52.4 Å². The van der Waals surface area contributed by atoms with E-state index in [1.807, 2.05) is 29.2 Å². The summed E-state index contributed by atoms with van der Waals surface area (Å²) < 4.78 is 13.3. The van der Waals surface area contributed by atoms with Crippen molar-refractivity contribution in [3.8, 4) is 0 Å². The molecule has 1 aromatic carbocycles. The molecular formula is C34H51N3O10. The highest BCUT2D eigenvalue weighted by molar-refractivity contribution is 5.73. The van der Waals surface area contributed by atoms with E-state index in [-0.39, 0.29) is 37.4 Å². The fourth-order valence-corrected chi connectivity index (χ4v) is 7.40. The Morgan fingerprint density at radius 3 is 1.32 bits per heavy atom. The van der Waals surface area contributed by atoms with Crippen molar-refractivity contribution in [1.82, 2.24) is 14.7 Å². The van der Waals surface area contributed by atoms with Crippen LogP contribution in [0.2, 0.25) is 0 Å². The van der Waals surface area contributed by atoms with Crippen LogP contribution in [0.25, 0.3) is 0 Å². The largest absolute Gasteiger partial charge is 0.480 e. The van der Waals surface area contributed by atoms with Gasteiger partial charge < -0.3 is 29.9 Å². The second-order valence-corrected chi connectivity index (χ2v) is 13.6. The molecule has 2 saturated carbocycles. The van der Waals surface area contributed by atoms with Crippen molar-refractivity contribution >= 4 is 23.9 Å². The van der Waals surface area contributed by atoms with Crippen LogP contribution in [-0.4, -0.2) is 123 Å². The molecule has 4 aliphatic rings. The maximum atomic E-state index is 11.3. The number of aliphatic carboxylic acids is 4. The SMILES string of the molecule is O=C(O)CN(CCN(CCN(CC(=O)O)CC(=O)O)Cc1ccc(C2OC34CCCCCCCCCCC(C3)(C4)O2)cc1)CC(=O)O. The van der Waals surface area contributed by atoms with Gasteiger partial charge in [0, 0.05) is 51.1 Å². The lowest BCUT2D eigenvalue weighted by Crippen LogP contribution is -2.64. The van der Waals surface area contributed by atoms with Gasteiger partial charge >= 0.3 is 23.9 Å². The first-order valence-electron chi connectivity index (χ1n) is 16.9. The monoisotopic (exact) mass is 661 g/mol. The number of hydrogen-bond donors (Lipinski definition) is 4. The summed E-state index contributed by atoms with van der Waals surface area (Å²) in [7, 11) is 0. The molecule has 2 bridgehead atoms. The van der Waals surface area contributed by atoms with E-state index in [9.17, 15) is 39.6 Å². The average molecular weight is 662 g/mol. The molecule has 2 saturated heterocycles. The molecule has 2 aliphatic carbocycles. The molecule has 2 heterocycles. The minimum Gasteiger partial charge on any atom is -0.480 e. The van der Waals surface area contributed by atoms with E-state index >= 15 is 0 Å². The third-order valence-electron chi connectivity index (χ3n) is 9.58. The number of ether oxygens (including phenoxy) is 2. The molecule has 5 rings (SSSR count). The lowest BCUT2D eigenvalue weighted by Gasteiger charge is -2.62. The molecule has 0 spiro atoms. The lowest BCUT2D eigenvalue weighted by molar-refractivity contribution is -0.396. The van der Waals surface area contributed by atoms with Crippen molar-refractivity contribution in [3.63, 3.8) is 0 Å². The minimum atomic E-state index is -1.14. The third-order valence-corrected chi connectivity index (χ3v) is 9.58. The predicted molar refractivity (Wildman–Crippen MR) is 171 cm³/mol. The van der Waals surface area contributed by atoms with E-state index in [1.54, 1.807) is 0 Å². The second-order valence-electron chi connectivity index (χ2n) is 13.6. The first-order chi connectivity index (χ1) is 22.4. The van der Waals surface area contributed by atoms with Gasteiger partial charge in [-0.1, -0.05) is 75.6 Å². The van der Waals surface area contributed by atoms with Crippen LogP contribution >= 0.6 is 0 Å². The topological polar surface area (TPSA) is 177 Å². The summed E-state index contributed by atoms with van der Waals surface area (Å²) in [5.74, 6) is -4.58. The number of carboxylic acids is 4. The number of hydrogen-bond acceptors (Lipinski definition) is 9. The Morgan fingerprint density at radius 1 is 0.574 bits per heavy atom. The molecular weight excluding hydrogens is 610 g/mol. The van der Waals surface area contributed by atoms with Crippen molar-refractivity contribution in [2.45, 2.75) is 101 Å². The zero-order valence-electron chi connectivity index (χ0n) is 27.3. The fourth-order valence-electron chi connectivity index (χ4n) is 7.40. The highest BCUT2D eigenvalue weighted by atomic mass is 16.7. The van der Waals surface area contributed by atoms with Crippen LogP contribution in [-0.2, 0) is 35.2 Å². The van der Waals surface area contributed by atoms with Crippen LogP contribution in [0.3, 0.4) is 0 Å². The van der Waals surface area contributed by atoms with Crippen LogP contribution in [0, 0.1) is 0 Å². The number of benzene rings is 1. The standard InChI is InChI=1S/C34H51N3O10/c38-28(39)20-36(21-29(40)41)17-15-35(16-18-37(22-30(42)43)23-31(44)45)19-26-9-11-27(12-10-26)32-46-33-13-7-5-3-1-2-4-6-8-14-34(24-33,25-33)47-32/h9-12,32H,1-8,13-25H2,(H,38,39)(H,40,41)(H,42,43)(H,44,45). The summed E-state index contributed by atoms with van der Waals surface area (Å²) in [5, 5.41) is 37.0. The molecule has 13 heteroatoms. The highest BCUT2D eigenvalue weighted by Gasteiger charge is 2.61. The van der Waals surface area contributed by atoms with Crippen LogP contribution in [0.5, 0.6) is 0 Å². The van der Waals surface area contributed by atoms with Crippen LogP contribution < -0.4 is 0 Å². The minimum absolute atomic E-state index is 0.123. The van der Waals surface area contributed by atoms with Crippen LogP contribution in [0.15, 0.2) is 24.3 Å². The number of carbonyl (C=O) groups is 4. The zero-order chi connectivity index (χ0) is 33.9. The van der Waals surface area contributed by atoms with E-state index in [1.165, 1.54) is 61.2 Å². The molecule has 1 aromatic rings. The smallest absolute Gasteiger partial charge is 0.317 e. The molecule has 2 aliphatic heterocycles. The fraction of sp³-hybridized carbons (Fsp3) is 0.706. The average Bonchev–Trinajstić information content (AvgIpc) is 3.00. The first-order valence-corrected chi connectivity index (χ1v) is 16.9. The Bertz CT molecular complexity index is 1110. The molecule has 0 aromatic heterocycles. The van der Waals surface area contributed by atoms with E-state index in [4.69, 9.17) is 9.47 Å². The summed E-state index contributed by atoms with van der Waals surface area (Å²) in [6, 6.07) is 7.97. The molecule has 4 fully saturated rings. The van der Waals surface area contributed by atoms with E-state index in [0.29, 0.717) is 6.54 Å². The Kier molecular flexibility index (Phi) is 13.6. The van der Waals surface area contributed by atoms with Crippen molar-refractivity contribution in [2.24, 2.45) is 0 Å². The van der Waals surface area contributed by atoms with Gasteiger partial charge in [0.05, 0.1) is 37.4 Å². The zero-order valence-corrected chi connectivity index (χ0v) is 27.3. The van der Waals surface area contributed by atoms with Gasteiger partial charge in [0.1, 0.15) is 0 Å². The van der Waals surface area contributed by atoms with Gasteiger partial charge in [0.15, 0.2) is 6.29 Å². The molecule has 0 amide bonds. The van der Waals surface area contributed by atoms with Gasteiger partial charge in [-0.05, 0) is 18.4 Å². The number of carboxylic acid groups (broad SMARTS) is 4. The summed E-state index contributed by atoms with van der Waals surface area (Å²) in [5.41, 5.74) is 1.63. The number of fused-ring (bicyclic) bond motifs is 2. The first kappa shape index (κ1) is 36.7. The van der Waals surface area contributed by atoms with E-state index < -0.39 is 56.3 Å². The molecule has 0 radical (unpaired) electrons. The van der Waals surface area contributed by atoms with Gasteiger partial charge in [-0.2, -0.15) is 0 Å². The quantitative estimate of drug-likeness (QED) is 0.190. The Labute approximate surface area is 276 Å². The van der Waals surface area contributed by atoms with Crippen LogP contribution in [0.1, 0.15) is 94.5 Å². The summed E-state index contributed by atoms with van der Waals surface area (Å²) in [6.45, 7) is -0.501. The summed E-state index contributed by atoms with van der Waals surface area (Å²) >= 11 is 0. The van der Waals surface area contributed by atoms with Crippen molar-refractivity contribution in [1.29, 1.82) is 0 Å². The van der Waals surface area contributed by atoms with Gasteiger partial charge in [0.2, 0.25) is 0 Å². The Morgan fingerprint density at radius 2 is 0.936 bits per heavy atom. The molecule has 262 valence electrons. The Hall–Kier alpha value is -3.10. The maximum absolute atomic E-state index is 11.3. The van der Waals surface area contributed by atoms with E-state index in [0.717, 1.165) is 36.8 Å². The summed E-state index contributed by atoms with van der Waals surface area (Å²) in [6.07, 6.45) is 13.6. The normalized spacial score (nSPS) is 25.0. The molecule has 4 N–H and O–H groups in total. The van der Waals surface area contributed by atoms with Crippen LogP contribution in [0.4, 0.5) is 0 Å². The number of nitrogens with zero attached hydrogens (tertiary/aromatic N) is 3. The van der Waals surface area contributed by atoms with Gasteiger partial charge in [0.25, 0.3) is 0 Å². The van der Waals surface area contributed by atoms with Gasteiger partial charge in [-0.25, -0.2) is 0 Å². The lowest BCUT2D eigenvalue weighted by atomic mass is 9.62. The third kappa shape index (κ3) is 11.8. The van der Waals surface area contributed by atoms with Crippen molar-refractivity contribution < 1.29 is 49.1 Å². The highest BCUT2D eigenvalue weighted by Crippen LogP contribution is 2.59. The molecule has 13 nitrogen and oxygen atoms in total. The maximum Gasteiger partial charge on any atom is 0.317 e. The Balaban J connectivity index is 1.44. The van der Waals surface area contributed by atoms with Gasteiger partial charge in [-0.15, -0.1) is 0 Å². The second kappa shape index (κ2) is 17.3. The predicted octanol–water partition coefficient (Wildman–Crippen LogP) is 3.66. The van der Waals surface area contributed by atoms with Gasteiger partial charge in [-0.3, -0.25) is 33.9 Å². The molecule has 0 atom stereocenters. The van der Waals surface area contributed by atoms with E-state index in [2.05, 4.69) is 0 Å². The number of rotatable bonds is 17.